The lowest BCUT2D eigenvalue weighted by Crippen LogP contribution is -2.14. The SMILES string of the molecule is NC(=O)c1cc(F)cc2c1cnn2-c1nc2c(c(NCc3ccccc3)n1)CCCOC2. The molecule has 0 saturated heterocycles. The van der Waals surface area contributed by atoms with Crippen molar-refractivity contribution in [1.82, 2.24) is 19.7 Å². The molecule has 4 aromatic rings. The monoisotopic (exact) mass is 432 g/mol. The summed E-state index contributed by atoms with van der Waals surface area (Å²) < 4.78 is 21.3. The van der Waals surface area contributed by atoms with Gasteiger partial charge in [-0.2, -0.15) is 14.8 Å². The minimum absolute atomic E-state index is 0.0618. The van der Waals surface area contributed by atoms with E-state index in [1.807, 2.05) is 30.3 Å². The molecule has 5 rings (SSSR count). The number of primary amides is 1. The third kappa shape index (κ3) is 3.78. The predicted molar refractivity (Wildman–Crippen MR) is 117 cm³/mol. The number of carbonyl (C=O) groups is 1. The summed E-state index contributed by atoms with van der Waals surface area (Å²) in [6.07, 6.45) is 3.12. The van der Waals surface area contributed by atoms with Crippen LogP contribution >= 0.6 is 0 Å². The lowest BCUT2D eigenvalue weighted by atomic mass is 10.1. The van der Waals surface area contributed by atoms with Gasteiger partial charge < -0.3 is 15.8 Å². The van der Waals surface area contributed by atoms with Crippen LogP contribution < -0.4 is 11.1 Å². The number of anilines is 1. The van der Waals surface area contributed by atoms with E-state index in [9.17, 15) is 9.18 Å². The van der Waals surface area contributed by atoms with Crippen molar-refractivity contribution in [2.75, 3.05) is 11.9 Å². The number of ether oxygens (including phenoxy) is 1. The minimum atomic E-state index is -0.726. The van der Waals surface area contributed by atoms with E-state index in [-0.39, 0.29) is 11.5 Å². The zero-order chi connectivity index (χ0) is 22.1. The fourth-order valence-electron chi connectivity index (χ4n) is 3.90. The van der Waals surface area contributed by atoms with Crippen molar-refractivity contribution in [1.29, 1.82) is 0 Å². The van der Waals surface area contributed by atoms with E-state index in [1.165, 1.54) is 16.9 Å². The second kappa shape index (κ2) is 8.35. The molecule has 9 heteroatoms. The van der Waals surface area contributed by atoms with Crippen molar-refractivity contribution in [2.24, 2.45) is 5.73 Å². The zero-order valence-corrected chi connectivity index (χ0v) is 17.2. The Balaban J connectivity index is 1.62. The van der Waals surface area contributed by atoms with Gasteiger partial charge in [-0.15, -0.1) is 0 Å². The van der Waals surface area contributed by atoms with Crippen molar-refractivity contribution in [3.05, 3.63) is 76.9 Å². The summed E-state index contributed by atoms with van der Waals surface area (Å²) in [4.78, 5) is 21.2. The Bertz CT molecular complexity index is 1310. The fourth-order valence-corrected chi connectivity index (χ4v) is 3.90. The number of nitrogens with two attached hydrogens (primary N) is 1. The van der Waals surface area contributed by atoms with Gasteiger partial charge in [0.05, 0.1) is 29.6 Å². The Hall–Kier alpha value is -3.85. The van der Waals surface area contributed by atoms with Crippen LogP contribution in [0.1, 0.15) is 33.6 Å². The molecule has 3 heterocycles. The average Bonchev–Trinajstić information content (AvgIpc) is 3.06. The largest absolute Gasteiger partial charge is 0.375 e. The Morgan fingerprint density at radius 1 is 1.22 bits per heavy atom. The van der Waals surface area contributed by atoms with Gasteiger partial charge in [0, 0.05) is 30.2 Å². The molecular weight excluding hydrogens is 411 g/mol. The second-order valence-corrected chi connectivity index (χ2v) is 7.60. The highest BCUT2D eigenvalue weighted by atomic mass is 19.1. The molecular formula is C23H21FN6O2. The molecule has 0 fully saturated rings. The number of nitrogens with one attached hydrogen (secondary N) is 1. The predicted octanol–water partition coefficient (Wildman–Crippen LogP) is 3.13. The van der Waals surface area contributed by atoms with Crippen LogP contribution in [0.4, 0.5) is 10.2 Å². The van der Waals surface area contributed by atoms with Gasteiger partial charge >= 0.3 is 0 Å². The fraction of sp³-hybridized carbons (Fsp3) is 0.217. The molecule has 1 aliphatic heterocycles. The average molecular weight is 432 g/mol. The first kappa shape index (κ1) is 20.1. The van der Waals surface area contributed by atoms with Gasteiger partial charge in [-0.1, -0.05) is 30.3 Å². The third-order valence-corrected chi connectivity index (χ3v) is 5.45. The second-order valence-electron chi connectivity index (χ2n) is 7.60. The number of amides is 1. The molecule has 0 bridgehead atoms. The van der Waals surface area contributed by atoms with E-state index in [2.05, 4.69) is 15.4 Å². The van der Waals surface area contributed by atoms with Gasteiger partial charge in [-0.05, 0) is 24.5 Å². The summed E-state index contributed by atoms with van der Waals surface area (Å²) in [6.45, 7) is 1.58. The number of carbonyl (C=O) groups excluding carboxylic acids is 1. The number of halogens is 1. The first-order chi connectivity index (χ1) is 15.6. The molecule has 8 nitrogen and oxygen atoms in total. The van der Waals surface area contributed by atoms with Crippen LogP contribution in [0.3, 0.4) is 0 Å². The van der Waals surface area contributed by atoms with Crippen molar-refractivity contribution < 1.29 is 13.9 Å². The Morgan fingerprint density at radius 3 is 2.88 bits per heavy atom. The number of aromatic nitrogens is 4. The molecule has 32 heavy (non-hydrogen) atoms. The van der Waals surface area contributed by atoms with Crippen LogP contribution in [-0.4, -0.2) is 32.3 Å². The molecule has 162 valence electrons. The highest BCUT2D eigenvalue weighted by Crippen LogP contribution is 2.27. The number of nitrogens with zero attached hydrogens (tertiary/aromatic N) is 4. The summed E-state index contributed by atoms with van der Waals surface area (Å²) in [7, 11) is 0. The number of hydrogen-bond acceptors (Lipinski definition) is 6. The van der Waals surface area contributed by atoms with Gasteiger partial charge in [-0.25, -0.2) is 9.37 Å². The van der Waals surface area contributed by atoms with E-state index in [1.54, 1.807) is 0 Å². The molecule has 0 atom stereocenters. The van der Waals surface area contributed by atoms with E-state index in [0.717, 1.165) is 35.7 Å². The van der Waals surface area contributed by atoms with E-state index in [0.29, 0.717) is 36.5 Å². The number of fused-ring (bicyclic) bond motifs is 2. The Labute approximate surface area is 183 Å². The molecule has 0 unspecified atom stereocenters. The highest BCUT2D eigenvalue weighted by Gasteiger charge is 2.21. The Morgan fingerprint density at radius 2 is 2.06 bits per heavy atom. The summed E-state index contributed by atoms with van der Waals surface area (Å²) in [5.74, 6) is -0.362. The maximum absolute atomic E-state index is 14.2. The lowest BCUT2D eigenvalue weighted by Gasteiger charge is -2.15. The molecule has 1 amide bonds. The molecule has 2 aromatic heterocycles. The first-order valence-electron chi connectivity index (χ1n) is 10.3. The van der Waals surface area contributed by atoms with Crippen molar-refractivity contribution in [2.45, 2.75) is 26.0 Å². The van der Waals surface area contributed by atoms with Crippen molar-refractivity contribution >= 4 is 22.6 Å². The van der Waals surface area contributed by atoms with Crippen LogP contribution in [0.25, 0.3) is 16.9 Å². The van der Waals surface area contributed by atoms with E-state index < -0.39 is 11.7 Å². The molecule has 0 aliphatic carbocycles. The first-order valence-corrected chi connectivity index (χ1v) is 10.3. The summed E-state index contributed by atoms with van der Waals surface area (Å²) >= 11 is 0. The standard InChI is InChI=1S/C23H21FN6O2/c24-15-9-17(21(25)31)18-12-27-30(20(18)10-15)23-28-19-13-32-8-4-7-16(19)22(29-23)26-11-14-5-2-1-3-6-14/h1-3,5-6,9-10,12H,4,7-8,11,13H2,(H2,25,31)(H,26,28,29). The van der Waals surface area contributed by atoms with Gasteiger partial charge in [0.1, 0.15) is 11.6 Å². The minimum Gasteiger partial charge on any atom is -0.375 e. The normalized spacial score (nSPS) is 13.5. The van der Waals surface area contributed by atoms with Crippen LogP contribution in [0, 0.1) is 5.82 Å². The smallest absolute Gasteiger partial charge is 0.253 e. The van der Waals surface area contributed by atoms with Gasteiger partial charge in [0.25, 0.3) is 5.95 Å². The Kier molecular flexibility index (Phi) is 5.24. The summed E-state index contributed by atoms with van der Waals surface area (Å²) in [5.41, 5.74) is 8.73. The highest BCUT2D eigenvalue weighted by molar-refractivity contribution is 6.05. The maximum Gasteiger partial charge on any atom is 0.253 e. The van der Waals surface area contributed by atoms with Crippen molar-refractivity contribution in [3.63, 3.8) is 0 Å². The van der Waals surface area contributed by atoms with E-state index >= 15 is 0 Å². The lowest BCUT2D eigenvalue weighted by molar-refractivity contribution is 0.100. The van der Waals surface area contributed by atoms with Gasteiger partial charge in [0.15, 0.2) is 0 Å². The van der Waals surface area contributed by atoms with Gasteiger partial charge in [0.2, 0.25) is 5.91 Å². The zero-order valence-electron chi connectivity index (χ0n) is 17.2. The van der Waals surface area contributed by atoms with Crippen molar-refractivity contribution in [3.8, 4) is 5.95 Å². The van der Waals surface area contributed by atoms with E-state index in [4.69, 9.17) is 15.5 Å². The van der Waals surface area contributed by atoms with Crippen LogP contribution in [-0.2, 0) is 24.3 Å². The topological polar surface area (TPSA) is 108 Å². The maximum atomic E-state index is 14.2. The quantitative estimate of drug-likeness (QED) is 0.502. The summed E-state index contributed by atoms with van der Waals surface area (Å²) in [5, 5.41) is 8.18. The molecule has 3 N–H and O–H groups in total. The molecule has 1 aliphatic rings. The number of benzene rings is 2. The summed E-state index contributed by atoms with van der Waals surface area (Å²) in [6, 6.07) is 12.4. The number of rotatable bonds is 5. The third-order valence-electron chi connectivity index (χ3n) is 5.45. The van der Waals surface area contributed by atoms with Gasteiger partial charge in [-0.3, -0.25) is 4.79 Å². The van der Waals surface area contributed by atoms with Crippen LogP contribution in [0.15, 0.2) is 48.7 Å². The number of hydrogen-bond donors (Lipinski definition) is 2. The molecule has 0 spiro atoms. The molecule has 0 saturated carbocycles. The molecule has 0 radical (unpaired) electrons. The molecule has 2 aromatic carbocycles. The van der Waals surface area contributed by atoms with Crippen LogP contribution in [0.5, 0.6) is 0 Å². The van der Waals surface area contributed by atoms with Crippen LogP contribution in [0.2, 0.25) is 0 Å².